The molecule has 0 amide bonds. The van der Waals surface area contributed by atoms with Crippen molar-refractivity contribution in [1.29, 1.82) is 0 Å². The molecule has 0 unspecified atom stereocenters. The summed E-state index contributed by atoms with van der Waals surface area (Å²) >= 11 is 0. The van der Waals surface area contributed by atoms with Gasteiger partial charge in [0.15, 0.2) is 0 Å². The molecule has 0 heterocycles. The number of hydrogen-bond donors (Lipinski definition) is 0. The Kier molecular flexibility index (Phi) is 3.83. The zero-order chi connectivity index (χ0) is 18.2. The lowest BCUT2D eigenvalue weighted by molar-refractivity contribution is -0.141. The van der Waals surface area contributed by atoms with Gasteiger partial charge < -0.3 is 4.74 Å². The molecule has 25 heavy (non-hydrogen) atoms. The van der Waals surface area contributed by atoms with Crippen LogP contribution in [0.2, 0.25) is 0 Å². The van der Waals surface area contributed by atoms with Gasteiger partial charge in [0.05, 0.1) is 17.6 Å². The van der Waals surface area contributed by atoms with Gasteiger partial charge in [0.25, 0.3) is 0 Å². The molecule has 0 N–H and O–H groups in total. The van der Waals surface area contributed by atoms with E-state index in [2.05, 4.69) is 34.6 Å². The van der Waals surface area contributed by atoms with Crippen LogP contribution in [0.5, 0.6) is 0 Å². The molecule has 0 aromatic carbocycles. The SMILES string of the molecule is CC(C)(C)O[C@H]1CC[C@H]2[C@@H]3CC4C(=O)CC(C)(CC4=O)[C@H]3CC[C@]12C. The second kappa shape index (κ2) is 5.41. The molecule has 140 valence electrons. The number of ketones is 2. The predicted octanol–water partition coefficient (Wildman–Crippen LogP) is 4.57. The summed E-state index contributed by atoms with van der Waals surface area (Å²) in [5.74, 6) is 1.84. The smallest absolute Gasteiger partial charge is 0.143 e. The minimum absolute atomic E-state index is 0.0872. The summed E-state index contributed by atoms with van der Waals surface area (Å²) in [6.07, 6.45) is 7.08. The summed E-state index contributed by atoms with van der Waals surface area (Å²) in [6.45, 7) is 11.1. The van der Waals surface area contributed by atoms with E-state index in [9.17, 15) is 9.59 Å². The molecule has 5 aliphatic rings. The number of carbonyl (C=O) groups is 2. The highest BCUT2D eigenvalue weighted by molar-refractivity contribution is 6.05. The van der Waals surface area contributed by atoms with Crippen molar-refractivity contribution in [3.8, 4) is 0 Å². The molecule has 0 aliphatic heterocycles. The van der Waals surface area contributed by atoms with Gasteiger partial charge in [0.2, 0.25) is 0 Å². The highest BCUT2D eigenvalue weighted by atomic mass is 16.5. The highest BCUT2D eigenvalue weighted by Gasteiger charge is 2.62. The van der Waals surface area contributed by atoms with E-state index >= 15 is 0 Å². The van der Waals surface area contributed by atoms with Gasteiger partial charge in [-0.1, -0.05) is 13.8 Å². The maximum absolute atomic E-state index is 12.6. The number of fused-ring (bicyclic) bond motifs is 3. The third-order valence-electron chi connectivity index (χ3n) is 8.18. The first-order valence-corrected chi connectivity index (χ1v) is 10.3. The minimum atomic E-state index is -0.298. The van der Waals surface area contributed by atoms with E-state index in [1.54, 1.807) is 0 Å². The van der Waals surface area contributed by atoms with E-state index in [4.69, 9.17) is 4.74 Å². The monoisotopic (exact) mass is 346 g/mol. The van der Waals surface area contributed by atoms with E-state index < -0.39 is 0 Å². The molecule has 5 aliphatic carbocycles. The van der Waals surface area contributed by atoms with Crippen molar-refractivity contribution < 1.29 is 14.3 Å². The van der Waals surface area contributed by atoms with E-state index in [0.717, 1.165) is 19.3 Å². The van der Waals surface area contributed by atoms with Gasteiger partial charge in [0, 0.05) is 12.8 Å². The molecular formula is C22H34O3. The van der Waals surface area contributed by atoms with Crippen LogP contribution in [0.15, 0.2) is 0 Å². The van der Waals surface area contributed by atoms with Crippen molar-refractivity contribution in [2.24, 2.45) is 34.5 Å². The van der Waals surface area contributed by atoms with Crippen LogP contribution in [-0.4, -0.2) is 23.3 Å². The van der Waals surface area contributed by atoms with Crippen molar-refractivity contribution in [3.63, 3.8) is 0 Å². The Morgan fingerprint density at radius 1 is 0.960 bits per heavy atom. The molecule has 5 saturated carbocycles. The van der Waals surface area contributed by atoms with Crippen LogP contribution in [0.3, 0.4) is 0 Å². The Morgan fingerprint density at radius 3 is 2.20 bits per heavy atom. The van der Waals surface area contributed by atoms with Crippen molar-refractivity contribution in [3.05, 3.63) is 0 Å². The Hall–Kier alpha value is -0.700. The third-order valence-corrected chi connectivity index (χ3v) is 8.18. The number of Topliss-reactive ketones (excluding diaryl/α,β-unsaturated/α-hetero) is 2. The van der Waals surface area contributed by atoms with Crippen LogP contribution >= 0.6 is 0 Å². The van der Waals surface area contributed by atoms with Gasteiger partial charge >= 0.3 is 0 Å². The summed E-state index contributed by atoms with van der Waals surface area (Å²) in [4.78, 5) is 25.2. The third kappa shape index (κ3) is 2.64. The molecular weight excluding hydrogens is 312 g/mol. The van der Waals surface area contributed by atoms with Gasteiger partial charge in [-0.2, -0.15) is 0 Å². The van der Waals surface area contributed by atoms with Crippen molar-refractivity contribution in [2.45, 2.75) is 91.3 Å². The van der Waals surface area contributed by atoms with E-state index in [1.807, 2.05) is 0 Å². The van der Waals surface area contributed by atoms with E-state index in [1.165, 1.54) is 12.8 Å². The quantitative estimate of drug-likeness (QED) is 0.653. The second-order valence-electron chi connectivity index (χ2n) is 10.9. The van der Waals surface area contributed by atoms with Gasteiger partial charge in [-0.05, 0) is 81.5 Å². The fraction of sp³-hybridized carbons (Fsp3) is 0.909. The Labute approximate surface area is 152 Å². The summed E-state index contributed by atoms with van der Waals surface area (Å²) < 4.78 is 6.48. The maximum Gasteiger partial charge on any atom is 0.143 e. The first-order valence-electron chi connectivity index (χ1n) is 10.3. The standard InChI is InChI=1S/C22H34O3/c1-20(2,3)25-19-7-6-16-13-10-14-17(23)11-21(4,12-18(14)24)15(13)8-9-22(16,19)5/h13-16,19H,6-12H2,1-5H3/t13-,14?,15+,16+,19+,21?,22+/m1/s1. The van der Waals surface area contributed by atoms with Gasteiger partial charge in [0.1, 0.15) is 11.6 Å². The lowest BCUT2D eigenvalue weighted by Crippen LogP contribution is -2.48. The average molecular weight is 347 g/mol. The van der Waals surface area contributed by atoms with Crippen molar-refractivity contribution in [1.82, 2.24) is 0 Å². The van der Waals surface area contributed by atoms with Crippen LogP contribution in [-0.2, 0) is 14.3 Å². The molecule has 3 heteroatoms. The average Bonchev–Trinajstić information content (AvgIpc) is 2.66. The largest absolute Gasteiger partial charge is 0.372 e. The molecule has 0 aromatic rings. The van der Waals surface area contributed by atoms with Crippen LogP contribution in [0, 0.1) is 34.5 Å². The maximum atomic E-state index is 12.6. The second-order valence-corrected chi connectivity index (χ2v) is 10.9. The van der Waals surface area contributed by atoms with Crippen LogP contribution in [0.4, 0.5) is 0 Å². The number of rotatable bonds is 1. The lowest BCUT2D eigenvalue weighted by atomic mass is 9.53. The van der Waals surface area contributed by atoms with Gasteiger partial charge in [-0.15, -0.1) is 0 Å². The minimum Gasteiger partial charge on any atom is -0.372 e. The Bertz CT molecular complexity index is 583. The normalized spacial score (nSPS) is 49.7. The number of hydrogen-bond acceptors (Lipinski definition) is 3. The predicted molar refractivity (Wildman–Crippen MR) is 97.1 cm³/mol. The lowest BCUT2D eigenvalue weighted by Gasteiger charge is -2.52. The topological polar surface area (TPSA) is 43.4 Å². The van der Waals surface area contributed by atoms with Crippen molar-refractivity contribution >= 4 is 11.6 Å². The molecule has 5 fully saturated rings. The summed E-state index contributed by atoms with van der Waals surface area (Å²) in [5, 5.41) is 0. The summed E-state index contributed by atoms with van der Waals surface area (Å²) in [6, 6.07) is 0. The summed E-state index contributed by atoms with van der Waals surface area (Å²) in [5.41, 5.74) is 0.0105. The molecule has 0 radical (unpaired) electrons. The highest BCUT2D eigenvalue weighted by Crippen LogP contribution is 2.65. The zero-order valence-electron chi connectivity index (χ0n) is 16.6. The zero-order valence-corrected chi connectivity index (χ0v) is 16.6. The van der Waals surface area contributed by atoms with Gasteiger partial charge in [-0.25, -0.2) is 0 Å². The fourth-order valence-corrected chi connectivity index (χ4v) is 7.14. The van der Waals surface area contributed by atoms with Crippen LogP contribution in [0.25, 0.3) is 0 Å². The van der Waals surface area contributed by atoms with Gasteiger partial charge in [-0.3, -0.25) is 9.59 Å². The molecule has 3 nitrogen and oxygen atoms in total. The number of carbonyl (C=O) groups excluding carboxylic acids is 2. The molecule has 2 bridgehead atoms. The Morgan fingerprint density at radius 2 is 1.60 bits per heavy atom. The van der Waals surface area contributed by atoms with Crippen molar-refractivity contribution in [2.75, 3.05) is 0 Å². The van der Waals surface area contributed by atoms with E-state index in [0.29, 0.717) is 36.7 Å². The van der Waals surface area contributed by atoms with Crippen LogP contribution in [0.1, 0.15) is 79.6 Å². The van der Waals surface area contributed by atoms with Crippen LogP contribution < -0.4 is 0 Å². The summed E-state index contributed by atoms with van der Waals surface area (Å²) in [7, 11) is 0. The number of ether oxygens (including phenoxy) is 1. The fourth-order valence-electron chi connectivity index (χ4n) is 7.14. The molecule has 5 rings (SSSR count). The first-order chi connectivity index (χ1) is 11.5. The van der Waals surface area contributed by atoms with E-state index in [-0.39, 0.29) is 33.9 Å². The Balaban J connectivity index is 1.66. The molecule has 0 saturated heterocycles. The molecule has 0 aromatic heterocycles. The molecule has 5 atom stereocenters. The first kappa shape index (κ1) is 17.7. The molecule has 0 spiro atoms.